The second-order valence-electron chi connectivity index (χ2n) is 10.8. The molecule has 4 rings (SSSR count). The zero-order valence-electron chi connectivity index (χ0n) is 19.9. The van der Waals surface area contributed by atoms with Gasteiger partial charge in [-0.2, -0.15) is 0 Å². The zero-order chi connectivity index (χ0) is 23.7. The molecule has 0 aromatic carbocycles. The molecule has 3 heterocycles. The molecule has 1 aromatic rings. The highest BCUT2D eigenvalue weighted by Crippen LogP contribution is 2.63. The Labute approximate surface area is 190 Å². The fourth-order valence-electron chi connectivity index (χ4n) is 5.64. The van der Waals surface area contributed by atoms with E-state index in [9.17, 15) is 14.7 Å². The molecule has 32 heavy (non-hydrogen) atoms. The van der Waals surface area contributed by atoms with Gasteiger partial charge >= 0.3 is 5.97 Å². The van der Waals surface area contributed by atoms with Gasteiger partial charge in [-0.1, -0.05) is 0 Å². The van der Waals surface area contributed by atoms with Crippen LogP contribution in [-0.4, -0.2) is 64.4 Å². The number of amides is 1. The molecular weight excluding hydrogens is 446 g/mol. The molecule has 2 aliphatic heterocycles. The summed E-state index contributed by atoms with van der Waals surface area (Å²) >= 11 is 0. The molecule has 0 bridgehead atoms. The van der Waals surface area contributed by atoms with Gasteiger partial charge in [0.15, 0.2) is 19.8 Å². The number of aliphatic hydroxyl groups is 1. The van der Waals surface area contributed by atoms with Gasteiger partial charge in [-0.25, -0.2) is 0 Å². The van der Waals surface area contributed by atoms with E-state index < -0.39 is 51.7 Å². The maximum Gasteiger partial charge on any atom is 0.320 e. The number of hydrogen-bond acceptors (Lipinski definition) is 7. The van der Waals surface area contributed by atoms with Crippen LogP contribution in [0.3, 0.4) is 0 Å². The summed E-state index contributed by atoms with van der Waals surface area (Å²) in [5.74, 6) is 0.223. The summed E-state index contributed by atoms with van der Waals surface area (Å²) in [7, 11) is -2.99. The molecule has 4 atom stereocenters. The maximum absolute atomic E-state index is 13.7. The van der Waals surface area contributed by atoms with Crippen LogP contribution in [0.15, 0.2) is 28.6 Å². The predicted octanol–water partition coefficient (Wildman–Crippen LogP) is 2.75. The highest BCUT2D eigenvalue weighted by molar-refractivity contribution is 6.70. The van der Waals surface area contributed by atoms with Crippen molar-refractivity contribution in [3.8, 4) is 0 Å². The quantitative estimate of drug-likeness (QED) is 0.512. The smallest absolute Gasteiger partial charge is 0.320 e. The molecule has 0 radical (unpaired) electrons. The van der Waals surface area contributed by atoms with Crippen LogP contribution in [0.5, 0.6) is 0 Å². The maximum atomic E-state index is 13.7. The number of hydrogen-bond donors (Lipinski definition) is 1. The van der Waals surface area contributed by atoms with E-state index in [-0.39, 0.29) is 6.42 Å². The molecule has 10 heteroatoms. The first-order chi connectivity index (χ1) is 14.8. The first kappa shape index (κ1) is 23.3. The molecule has 1 aromatic heterocycles. The largest absolute Gasteiger partial charge is 0.547 e. The number of carbonyl (C=O) groups excluding carboxylic acids is 2. The normalized spacial score (nSPS) is 32.1. The van der Waals surface area contributed by atoms with Crippen LogP contribution in [0.2, 0.25) is 39.3 Å². The van der Waals surface area contributed by atoms with E-state index in [1.807, 2.05) is 19.6 Å². The van der Waals surface area contributed by atoms with Gasteiger partial charge in [0.2, 0.25) is 8.32 Å². The lowest BCUT2D eigenvalue weighted by Gasteiger charge is -2.55. The lowest BCUT2D eigenvalue weighted by Crippen LogP contribution is -2.67. The molecule has 3 aliphatic rings. The average Bonchev–Trinajstić information content (AvgIpc) is 3.20. The van der Waals surface area contributed by atoms with Crippen LogP contribution in [0.1, 0.15) is 17.7 Å². The van der Waals surface area contributed by atoms with Gasteiger partial charge < -0.3 is 28.0 Å². The summed E-state index contributed by atoms with van der Waals surface area (Å²) in [5, 5.41) is 11.5. The third kappa shape index (κ3) is 3.14. The number of fused-ring (bicyclic) bond motifs is 1. The number of furan rings is 1. The van der Waals surface area contributed by atoms with E-state index in [0.717, 1.165) is 0 Å². The molecule has 176 valence electrons. The van der Waals surface area contributed by atoms with Crippen molar-refractivity contribution < 1.29 is 32.7 Å². The molecule has 1 N–H and O–H groups in total. The molecular formula is C22H33NO7Si2. The van der Waals surface area contributed by atoms with Crippen molar-refractivity contribution in [1.82, 2.24) is 4.90 Å². The Bertz CT molecular complexity index is 976. The molecule has 1 aliphatic carbocycles. The number of nitrogens with zero attached hydrogens (tertiary/aromatic N) is 1. The lowest BCUT2D eigenvalue weighted by atomic mass is 9.57. The molecule has 1 amide bonds. The number of carbonyl (C=O) groups is 2. The fourth-order valence-corrected chi connectivity index (χ4v) is 7.58. The van der Waals surface area contributed by atoms with Crippen LogP contribution in [-0.2, 0) is 35.1 Å². The number of esters is 1. The summed E-state index contributed by atoms with van der Waals surface area (Å²) in [6, 6.07) is 1.80. The van der Waals surface area contributed by atoms with Gasteiger partial charge in [-0.05, 0) is 51.4 Å². The molecule has 8 nitrogen and oxygen atoms in total. The minimum Gasteiger partial charge on any atom is -0.547 e. The van der Waals surface area contributed by atoms with Gasteiger partial charge in [-0.3, -0.25) is 9.59 Å². The fraction of sp³-hybridized carbons (Fsp3) is 0.636. The summed E-state index contributed by atoms with van der Waals surface area (Å²) in [5.41, 5.74) is -2.18. The standard InChI is InChI=1S/C22H33NO7Si2/c1-27-20(26)22-17(30-32(5,6)7)12-14(29-31(2,3)4)13-21(22)15-9-11-28-16(15)8-10-23(21)19(25)18(22)24/h9,11-12,17-18,24H,8,10,13H2,1-7H3/t17-,18-,21-,22+/m1/s1. The monoisotopic (exact) mass is 479 g/mol. The SMILES string of the molecule is COC(=O)[C@]12[C@H](O)C(=O)N3CCc4occc4[C@@]31CC(O[Si](C)(C)C)=C[C@H]2O[Si](C)(C)C. The molecule has 1 fully saturated rings. The Morgan fingerprint density at radius 1 is 1.22 bits per heavy atom. The van der Waals surface area contributed by atoms with Crippen molar-refractivity contribution >= 4 is 28.5 Å². The molecule has 0 unspecified atom stereocenters. The van der Waals surface area contributed by atoms with E-state index in [0.29, 0.717) is 30.0 Å². The van der Waals surface area contributed by atoms with Crippen molar-refractivity contribution in [2.75, 3.05) is 13.7 Å². The number of ether oxygens (including phenoxy) is 1. The number of aliphatic hydroxyl groups excluding tert-OH is 1. The van der Waals surface area contributed by atoms with Crippen molar-refractivity contribution in [3.05, 3.63) is 35.5 Å². The van der Waals surface area contributed by atoms with Crippen LogP contribution >= 0.6 is 0 Å². The van der Waals surface area contributed by atoms with Crippen molar-refractivity contribution in [1.29, 1.82) is 0 Å². The molecule has 1 spiro atoms. The minimum atomic E-state index is -2.25. The lowest BCUT2D eigenvalue weighted by molar-refractivity contribution is -0.180. The van der Waals surface area contributed by atoms with E-state index in [4.69, 9.17) is 18.0 Å². The minimum absolute atomic E-state index is 0.243. The Balaban J connectivity index is 2.05. The summed E-state index contributed by atoms with van der Waals surface area (Å²) in [6.07, 6.45) is 1.62. The van der Waals surface area contributed by atoms with Gasteiger partial charge in [0.25, 0.3) is 5.91 Å². The third-order valence-electron chi connectivity index (χ3n) is 6.49. The van der Waals surface area contributed by atoms with Gasteiger partial charge in [0.1, 0.15) is 11.3 Å². The zero-order valence-corrected chi connectivity index (χ0v) is 21.9. The van der Waals surface area contributed by atoms with Crippen LogP contribution in [0.4, 0.5) is 0 Å². The van der Waals surface area contributed by atoms with Crippen molar-refractivity contribution in [2.24, 2.45) is 5.41 Å². The van der Waals surface area contributed by atoms with E-state index in [2.05, 4.69) is 19.6 Å². The second-order valence-corrected chi connectivity index (χ2v) is 19.7. The van der Waals surface area contributed by atoms with Crippen LogP contribution in [0, 0.1) is 5.41 Å². The molecule has 1 saturated heterocycles. The summed E-state index contributed by atoms with van der Waals surface area (Å²) in [6.45, 7) is 12.6. The van der Waals surface area contributed by atoms with Gasteiger partial charge in [0, 0.05) is 24.9 Å². The summed E-state index contributed by atoms with van der Waals surface area (Å²) in [4.78, 5) is 28.8. The topological polar surface area (TPSA) is 98.4 Å². The Morgan fingerprint density at radius 3 is 2.50 bits per heavy atom. The second kappa shape index (κ2) is 7.31. The molecule has 0 saturated carbocycles. The highest BCUT2D eigenvalue weighted by Gasteiger charge is 2.79. The van der Waals surface area contributed by atoms with Crippen molar-refractivity contribution in [2.45, 2.75) is 69.9 Å². The highest BCUT2D eigenvalue weighted by atomic mass is 28.4. The van der Waals surface area contributed by atoms with E-state index >= 15 is 0 Å². The predicted molar refractivity (Wildman–Crippen MR) is 122 cm³/mol. The van der Waals surface area contributed by atoms with Crippen molar-refractivity contribution in [3.63, 3.8) is 0 Å². The Kier molecular flexibility index (Phi) is 5.32. The first-order valence-electron chi connectivity index (χ1n) is 11.0. The summed E-state index contributed by atoms with van der Waals surface area (Å²) < 4.78 is 24.0. The Morgan fingerprint density at radius 2 is 1.91 bits per heavy atom. The first-order valence-corrected chi connectivity index (χ1v) is 17.8. The van der Waals surface area contributed by atoms with E-state index in [1.165, 1.54) is 7.11 Å². The Hall–Kier alpha value is -1.89. The number of rotatable bonds is 5. The average molecular weight is 480 g/mol. The van der Waals surface area contributed by atoms with Crippen LogP contribution in [0.25, 0.3) is 0 Å². The van der Waals surface area contributed by atoms with Crippen LogP contribution < -0.4 is 0 Å². The van der Waals surface area contributed by atoms with Gasteiger partial charge in [-0.15, -0.1) is 0 Å². The number of methoxy groups -OCH3 is 1. The third-order valence-corrected chi connectivity index (χ3v) is 8.32. The van der Waals surface area contributed by atoms with Gasteiger partial charge in [0.05, 0.1) is 25.2 Å². The van der Waals surface area contributed by atoms with E-state index in [1.54, 1.807) is 23.3 Å².